The van der Waals surface area contributed by atoms with Crippen molar-refractivity contribution >= 4 is 19.1 Å². The van der Waals surface area contributed by atoms with Crippen LogP contribution in [0.5, 0.6) is 0 Å². The van der Waals surface area contributed by atoms with Gasteiger partial charge in [0.2, 0.25) is 5.91 Å². The average Bonchev–Trinajstić information content (AvgIpc) is 2.86. The monoisotopic (exact) mass is 305 g/mol. The van der Waals surface area contributed by atoms with E-state index in [2.05, 4.69) is 10.3 Å². The maximum atomic E-state index is 11.2. The van der Waals surface area contributed by atoms with Gasteiger partial charge < -0.3 is 19.2 Å². The van der Waals surface area contributed by atoms with Crippen LogP contribution in [0.15, 0.2) is 18.0 Å². The lowest BCUT2D eigenvalue weighted by Crippen LogP contribution is -2.41. The molecule has 0 unspecified atom stereocenters. The van der Waals surface area contributed by atoms with Gasteiger partial charge in [0.1, 0.15) is 0 Å². The molecule has 1 saturated heterocycles. The van der Waals surface area contributed by atoms with Crippen molar-refractivity contribution in [3.63, 3.8) is 0 Å². The molecular weight excluding hydrogens is 281 g/mol. The summed E-state index contributed by atoms with van der Waals surface area (Å²) >= 11 is 0. The van der Waals surface area contributed by atoms with Crippen LogP contribution in [0, 0.1) is 0 Å². The maximum Gasteiger partial charge on any atom is 0.492 e. The summed E-state index contributed by atoms with van der Waals surface area (Å²) in [6.07, 6.45) is 5.53. The molecule has 0 aliphatic carbocycles. The summed E-state index contributed by atoms with van der Waals surface area (Å²) in [5, 5.41) is 2.80. The Balaban J connectivity index is 2.25. The molecule has 1 aromatic rings. The van der Waals surface area contributed by atoms with Crippen molar-refractivity contribution in [1.29, 1.82) is 0 Å². The van der Waals surface area contributed by atoms with Gasteiger partial charge in [0.25, 0.3) is 0 Å². The summed E-state index contributed by atoms with van der Waals surface area (Å²) in [5.74, 6) is -0.0940. The molecule has 1 amide bonds. The van der Waals surface area contributed by atoms with E-state index < -0.39 is 18.3 Å². The molecule has 0 spiro atoms. The van der Waals surface area contributed by atoms with Gasteiger partial charge in [-0.05, 0) is 39.2 Å². The molecule has 1 aliphatic heterocycles. The predicted molar refractivity (Wildman–Crippen MR) is 86.0 cm³/mol. The summed E-state index contributed by atoms with van der Waals surface area (Å²) in [5.41, 5.74) is 0.805. The van der Waals surface area contributed by atoms with Crippen LogP contribution in [0.4, 0.5) is 0 Å². The zero-order valence-electron chi connectivity index (χ0n) is 14.1. The minimum absolute atomic E-state index is 0.0940. The predicted octanol–water partition coefficient (Wildman–Crippen LogP) is 1.57. The molecule has 6 nitrogen and oxygen atoms in total. The van der Waals surface area contributed by atoms with Gasteiger partial charge in [0.05, 0.1) is 23.2 Å². The van der Waals surface area contributed by atoms with E-state index in [0.717, 1.165) is 11.2 Å². The normalized spacial score (nSPS) is 20.3. The number of hydrogen-bond acceptors (Lipinski definition) is 4. The van der Waals surface area contributed by atoms with Crippen LogP contribution >= 0.6 is 0 Å². The van der Waals surface area contributed by atoms with E-state index in [4.69, 9.17) is 9.31 Å². The molecule has 7 heteroatoms. The van der Waals surface area contributed by atoms with Crippen LogP contribution < -0.4 is 5.32 Å². The first-order valence-electron chi connectivity index (χ1n) is 7.39. The number of carbonyl (C=O) groups excluding carboxylic acids is 1. The van der Waals surface area contributed by atoms with Crippen LogP contribution in [0.1, 0.15) is 40.3 Å². The summed E-state index contributed by atoms with van der Waals surface area (Å²) in [7, 11) is 1.41. The number of nitrogens with zero attached hydrogens (tertiary/aromatic N) is 2. The van der Waals surface area contributed by atoms with Gasteiger partial charge in [-0.2, -0.15) is 0 Å². The molecule has 0 atom stereocenters. The minimum Gasteiger partial charge on any atom is -0.400 e. The molecule has 22 heavy (non-hydrogen) atoms. The number of imidazole rings is 1. The third-order valence-electron chi connectivity index (χ3n) is 4.16. The summed E-state index contributed by atoms with van der Waals surface area (Å²) in [4.78, 5) is 15.5. The van der Waals surface area contributed by atoms with E-state index in [1.165, 1.54) is 6.92 Å². The van der Waals surface area contributed by atoms with Gasteiger partial charge >= 0.3 is 7.12 Å². The van der Waals surface area contributed by atoms with E-state index in [1.54, 1.807) is 6.33 Å². The molecule has 0 saturated carbocycles. The minimum atomic E-state index is -0.501. The largest absolute Gasteiger partial charge is 0.492 e. The van der Waals surface area contributed by atoms with Crippen LogP contribution in [0.3, 0.4) is 0 Å². The second kappa shape index (κ2) is 5.89. The van der Waals surface area contributed by atoms with Gasteiger partial charge in [-0.1, -0.05) is 0 Å². The van der Waals surface area contributed by atoms with Crippen LogP contribution in [-0.4, -0.2) is 40.3 Å². The lowest BCUT2D eigenvalue weighted by Gasteiger charge is -2.32. The molecule has 1 aliphatic rings. The summed E-state index contributed by atoms with van der Waals surface area (Å²) in [6.45, 7) is 9.87. The fraction of sp³-hybridized carbons (Fsp3) is 0.600. The molecule has 1 aromatic heterocycles. The Labute approximate surface area is 132 Å². The van der Waals surface area contributed by atoms with Crippen molar-refractivity contribution in [2.24, 2.45) is 7.05 Å². The number of aromatic nitrogens is 2. The standard InChI is InChI=1S/C15H24BN3O3/c1-11(20)17-8-12(7-13-9-19(6)10-18-13)16-21-14(2,3)15(4,5)22-16/h7,9-10H,8H2,1-6H3,(H,17,20). The Kier molecular flexibility index (Phi) is 4.49. The van der Waals surface area contributed by atoms with Crippen molar-refractivity contribution in [3.05, 3.63) is 23.7 Å². The van der Waals surface area contributed by atoms with Crippen molar-refractivity contribution < 1.29 is 14.1 Å². The zero-order chi connectivity index (χ0) is 16.5. The van der Waals surface area contributed by atoms with Crippen molar-refractivity contribution in [1.82, 2.24) is 14.9 Å². The molecular formula is C15H24BN3O3. The van der Waals surface area contributed by atoms with Gasteiger partial charge in [-0.3, -0.25) is 4.79 Å². The second-order valence-electron chi connectivity index (χ2n) is 6.68. The lowest BCUT2D eigenvalue weighted by atomic mass is 9.77. The van der Waals surface area contributed by atoms with Crippen LogP contribution in [0.25, 0.3) is 6.08 Å². The first kappa shape index (κ1) is 16.8. The molecule has 120 valence electrons. The Hall–Kier alpha value is -1.60. The van der Waals surface area contributed by atoms with Crippen molar-refractivity contribution in [3.8, 4) is 0 Å². The molecule has 1 N–H and O–H groups in total. The van der Waals surface area contributed by atoms with Crippen LogP contribution in [0.2, 0.25) is 0 Å². The third-order valence-corrected chi connectivity index (χ3v) is 4.16. The van der Waals surface area contributed by atoms with Gasteiger partial charge in [0, 0.05) is 26.7 Å². The maximum absolute atomic E-state index is 11.2. The Bertz CT molecular complexity index is 577. The summed E-state index contributed by atoms with van der Waals surface area (Å²) in [6, 6.07) is 0. The highest BCUT2D eigenvalue weighted by molar-refractivity contribution is 6.56. The number of aryl methyl sites for hydroxylation is 1. The second-order valence-corrected chi connectivity index (χ2v) is 6.68. The van der Waals surface area contributed by atoms with Gasteiger partial charge in [-0.15, -0.1) is 0 Å². The number of amides is 1. The number of carbonyl (C=O) groups is 1. The molecule has 2 heterocycles. The van der Waals surface area contributed by atoms with E-state index >= 15 is 0 Å². The fourth-order valence-electron chi connectivity index (χ4n) is 2.12. The molecule has 0 bridgehead atoms. The highest BCUT2D eigenvalue weighted by Gasteiger charge is 2.52. The number of nitrogens with one attached hydrogen (secondary N) is 1. The first-order chi connectivity index (χ1) is 10.1. The molecule has 0 radical (unpaired) electrons. The van der Waals surface area contributed by atoms with E-state index in [-0.39, 0.29) is 5.91 Å². The SMILES string of the molecule is CC(=O)NCC(=Cc1cn(C)cn1)B1OC(C)(C)C(C)(C)O1. The van der Waals surface area contributed by atoms with E-state index in [1.807, 2.05) is 51.6 Å². The molecule has 1 fully saturated rings. The van der Waals surface area contributed by atoms with Gasteiger partial charge in [0.15, 0.2) is 0 Å². The zero-order valence-corrected chi connectivity index (χ0v) is 14.1. The average molecular weight is 305 g/mol. The smallest absolute Gasteiger partial charge is 0.400 e. The quantitative estimate of drug-likeness (QED) is 0.858. The number of hydrogen-bond donors (Lipinski definition) is 1. The highest BCUT2D eigenvalue weighted by atomic mass is 16.7. The Morgan fingerprint density at radius 2 is 1.95 bits per heavy atom. The van der Waals surface area contributed by atoms with E-state index in [0.29, 0.717) is 6.54 Å². The third kappa shape index (κ3) is 3.59. The summed E-state index contributed by atoms with van der Waals surface area (Å²) < 4.78 is 14.0. The van der Waals surface area contributed by atoms with Crippen molar-refractivity contribution in [2.45, 2.75) is 45.8 Å². The Morgan fingerprint density at radius 1 is 1.36 bits per heavy atom. The van der Waals surface area contributed by atoms with Crippen LogP contribution in [-0.2, 0) is 21.2 Å². The number of rotatable bonds is 4. The molecule has 2 rings (SSSR count). The lowest BCUT2D eigenvalue weighted by molar-refractivity contribution is -0.118. The topological polar surface area (TPSA) is 65.4 Å². The van der Waals surface area contributed by atoms with E-state index in [9.17, 15) is 4.79 Å². The fourth-order valence-corrected chi connectivity index (χ4v) is 2.12. The highest BCUT2D eigenvalue weighted by Crippen LogP contribution is 2.38. The van der Waals surface area contributed by atoms with Crippen molar-refractivity contribution in [2.75, 3.05) is 6.54 Å². The molecule has 0 aromatic carbocycles. The Morgan fingerprint density at radius 3 is 2.41 bits per heavy atom. The van der Waals surface area contributed by atoms with Gasteiger partial charge in [-0.25, -0.2) is 4.98 Å². The first-order valence-corrected chi connectivity index (χ1v) is 7.39.